The third-order valence-electron chi connectivity index (χ3n) is 2.75. The number of benzene rings is 1. The fourth-order valence-corrected chi connectivity index (χ4v) is 2.15. The maximum atomic E-state index is 11.9. The molecule has 0 aliphatic rings. The second kappa shape index (κ2) is 5.11. The number of aromatic amines is 1. The van der Waals surface area contributed by atoms with Crippen LogP contribution < -0.4 is 5.56 Å². The largest absolute Gasteiger partial charge is 0.389 e. The van der Waals surface area contributed by atoms with E-state index in [1.165, 1.54) is 0 Å². The van der Waals surface area contributed by atoms with Crippen LogP contribution in [-0.4, -0.2) is 39.2 Å². The number of para-hydroxylation sites is 2. The van der Waals surface area contributed by atoms with E-state index < -0.39 is 5.60 Å². The van der Waals surface area contributed by atoms with Gasteiger partial charge in [0.1, 0.15) is 5.69 Å². The molecule has 1 aromatic carbocycles. The Kier molecular flexibility index (Phi) is 3.68. The third-order valence-corrected chi connectivity index (χ3v) is 2.75. The number of aliphatic hydroxyl groups is 1. The van der Waals surface area contributed by atoms with Gasteiger partial charge >= 0.3 is 0 Å². The van der Waals surface area contributed by atoms with Gasteiger partial charge in [-0.05, 0) is 33.0 Å². The number of hydrogen-bond acceptors (Lipinski definition) is 4. The number of likely N-dealkylation sites (N-methyl/N-ethyl adjacent to an activating group) is 1. The highest BCUT2D eigenvalue weighted by Gasteiger charge is 2.17. The van der Waals surface area contributed by atoms with E-state index in [0.29, 0.717) is 18.8 Å². The highest BCUT2D eigenvalue weighted by atomic mass is 16.3. The normalized spacial score (nSPS) is 12.3. The molecule has 1 heterocycles. The molecule has 5 nitrogen and oxygen atoms in total. The van der Waals surface area contributed by atoms with E-state index in [4.69, 9.17) is 0 Å². The zero-order valence-electron chi connectivity index (χ0n) is 11.5. The first-order valence-electron chi connectivity index (χ1n) is 6.24. The Morgan fingerprint density at radius 3 is 2.74 bits per heavy atom. The van der Waals surface area contributed by atoms with Gasteiger partial charge < -0.3 is 10.1 Å². The maximum Gasteiger partial charge on any atom is 0.271 e. The molecule has 0 bridgehead atoms. The Morgan fingerprint density at radius 1 is 1.37 bits per heavy atom. The number of rotatable bonds is 4. The van der Waals surface area contributed by atoms with Gasteiger partial charge in [-0.2, -0.15) is 0 Å². The topological polar surface area (TPSA) is 69.2 Å². The van der Waals surface area contributed by atoms with Gasteiger partial charge in [0, 0.05) is 13.1 Å². The summed E-state index contributed by atoms with van der Waals surface area (Å²) >= 11 is 0. The van der Waals surface area contributed by atoms with Crippen LogP contribution in [0.4, 0.5) is 0 Å². The van der Waals surface area contributed by atoms with Gasteiger partial charge in [-0.15, -0.1) is 0 Å². The Morgan fingerprint density at radius 2 is 2.05 bits per heavy atom. The monoisotopic (exact) mass is 261 g/mol. The van der Waals surface area contributed by atoms with E-state index in [9.17, 15) is 9.90 Å². The van der Waals surface area contributed by atoms with Crippen LogP contribution in [0.3, 0.4) is 0 Å². The lowest BCUT2D eigenvalue weighted by Crippen LogP contribution is -2.37. The molecule has 1 aromatic heterocycles. The lowest BCUT2D eigenvalue weighted by molar-refractivity contribution is 0.0420. The number of nitrogens with one attached hydrogen (secondary N) is 1. The molecule has 102 valence electrons. The van der Waals surface area contributed by atoms with Crippen LogP contribution in [0.1, 0.15) is 19.5 Å². The van der Waals surface area contributed by atoms with Crippen molar-refractivity contribution < 1.29 is 5.11 Å². The molecule has 0 aliphatic heterocycles. The first-order chi connectivity index (χ1) is 8.85. The van der Waals surface area contributed by atoms with E-state index in [0.717, 1.165) is 11.0 Å². The molecular formula is C14H19N3O2. The van der Waals surface area contributed by atoms with Crippen LogP contribution in [0.5, 0.6) is 0 Å². The minimum Gasteiger partial charge on any atom is -0.389 e. The summed E-state index contributed by atoms with van der Waals surface area (Å²) in [4.78, 5) is 21.0. The van der Waals surface area contributed by atoms with Crippen LogP contribution in [0.15, 0.2) is 29.1 Å². The van der Waals surface area contributed by atoms with Gasteiger partial charge in [-0.1, -0.05) is 12.1 Å². The lowest BCUT2D eigenvalue weighted by atomic mass is 10.1. The van der Waals surface area contributed by atoms with Crippen molar-refractivity contribution in [2.45, 2.75) is 26.0 Å². The number of nitrogens with zero attached hydrogens (tertiary/aromatic N) is 2. The van der Waals surface area contributed by atoms with E-state index in [1.807, 2.05) is 36.2 Å². The summed E-state index contributed by atoms with van der Waals surface area (Å²) in [5.74, 6) is 0. The quantitative estimate of drug-likeness (QED) is 0.865. The van der Waals surface area contributed by atoms with Crippen molar-refractivity contribution in [3.63, 3.8) is 0 Å². The zero-order valence-corrected chi connectivity index (χ0v) is 11.5. The van der Waals surface area contributed by atoms with Crippen molar-refractivity contribution in [1.82, 2.24) is 14.9 Å². The Hall–Kier alpha value is -1.72. The number of H-pyrrole nitrogens is 1. The summed E-state index contributed by atoms with van der Waals surface area (Å²) in [6.07, 6.45) is 0. The lowest BCUT2D eigenvalue weighted by Gasteiger charge is -2.24. The van der Waals surface area contributed by atoms with E-state index in [2.05, 4.69) is 9.97 Å². The van der Waals surface area contributed by atoms with Crippen LogP contribution in [-0.2, 0) is 6.54 Å². The predicted molar refractivity (Wildman–Crippen MR) is 75.0 cm³/mol. The molecule has 0 aliphatic carbocycles. The second-order valence-electron chi connectivity index (χ2n) is 5.51. The molecule has 5 heteroatoms. The predicted octanol–water partition coefficient (Wildman–Crippen LogP) is 1.13. The average molecular weight is 261 g/mol. The van der Waals surface area contributed by atoms with Gasteiger partial charge in [0.05, 0.1) is 16.6 Å². The van der Waals surface area contributed by atoms with Crippen molar-refractivity contribution in [3.05, 3.63) is 40.3 Å². The van der Waals surface area contributed by atoms with Crippen LogP contribution in [0.2, 0.25) is 0 Å². The van der Waals surface area contributed by atoms with E-state index in [-0.39, 0.29) is 5.56 Å². The SMILES string of the molecule is CN(Cc1nc2ccccc2[nH]c1=O)CC(C)(C)O. The van der Waals surface area contributed by atoms with Crippen LogP contribution in [0, 0.1) is 0 Å². The first kappa shape index (κ1) is 13.7. The first-order valence-corrected chi connectivity index (χ1v) is 6.24. The summed E-state index contributed by atoms with van der Waals surface area (Å²) in [5.41, 5.74) is 1.00. The smallest absolute Gasteiger partial charge is 0.271 e. The summed E-state index contributed by atoms with van der Waals surface area (Å²) in [6, 6.07) is 7.44. The summed E-state index contributed by atoms with van der Waals surface area (Å²) in [7, 11) is 1.86. The highest BCUT2D eigenvalue weighted by Crippen LogP contribution is 2.08. The second-order valence-corrected chi connectivity index (χ2v) is 5.51. The number of fused-ring (bicyclic) bond motifs is 1. The molecule has 2 rings (SSSR count). The molecule has 0 saturated carbocycles. The van der Waals surface area contributed by atoms with Gasteiger partial charge in [-0.25, -0.2) is 4.98 Å². The standard InChI is InChI=1S/C14H19N3O2/c1-14(2,19)9-17(3)8-12-13(18)16-11-7-5-4-6-10(11)15-12/h4-7,19H,8-9H2,1-3H3,(H,16,18). The Labute approximate surface area is 111 Å². The van der Waals surface area contributed by atoms with Crippen molar-refractivity contribution in [2.24, 2.45) is 0 Å². The van der Waals surface area contributed by atoms with Crippen molar-refractivity contribution in [2.75, 3.05) is 13.6 Å². The number of hydrogen-bond donors (Lipinski definition) is 2. The van der Waals surface area contributed by atoms with Gasteiger partial charge in [0.2, 0.25) is 0 Å². The summed E-state index contributed by atoms with van der Waals surface area (Å²) in [5, 5.41) is 9.76. The Balaban J connectivity index is 2.25. The molecule has 19 heavy (non-hydrogen) atoms. The molecule has 0 fully saturated rings. The van der Waals surface area contributed by atoms with Crippen molar-refractivity contribution >= 4 is 11.0 Å². The molecule has 2 N–H and O–H groups in total. The minimum atomic E-state index is -0.793. The zero-order chi connectivity index (χ0) is 14.0. The molecule has 0 amide bonds. The number of aromatic nitrogens is 2. The van der Waals surface area contributed by atoms with Gasteiger partial charge in [0.15, 0.2) is 0 Å². The fourth-order valence-electron chi connectivity index (χ4n) is 2.15. The minimum absolute atomic E-state index is 0.179. The van der Waals surface area contributed by atoms with E-state index in [1.54, 1.807) is 13.8 Å². The van der Waals surface area contributed by atoms with Crippen LogP contribution >= 0.6 is 0 Å². The molecule has 2 aromatic rings. The molecule has 0 radical (unpaired) electrons. The third kappa shape index (κ3) is 3.62. The summed E-state index contributed by atoms with van der Waals surface area (Å²) in [6.45, 7) is 4.36. The van der Waals surface area contributed by atoms with Gasteiger partial charge in [0.25, 0.3) is 5.56 Å². The van der Waals surface area contributed by atoms with Crippen molar-refractivity contribution in [3.8, 4) is 0 Å². The van der Waals surface area contributed by atoms with Crippen molar-refractivity contribution in [1.29, 1.82) is 0 Å². The van der Waals surface area contributed by atoms with E-state index >= 15 is 0 Å². The molecule has 0 spiro atoms. The summed E-state index contributed by atoms with van der Waals surface area (Å²) < 4.78 is 0. The highest BCUT2D eigenvalue weighted by molar-refractivity contribution is 5.73. The average Bonchev–Trinajstić information content (AvgIpc) is 2.27. The van der Waals surface area contributed by atoms with Crippen LogP contribution in [0.25, 0.3) is 11.0 Å². The Bertz CT molecular complexity index is 628. The van der Waals surface area contributed by atoms with Gasteiger partial charge in [-0.3, -0.25) is 9.69 Å². The molecule has 0 atom stereocenters. The fraction of sp³-hybridized carbons (Fsp3) is 0.429. The maximum absolute atomic E-state index is 11.9. The molecule has 0 saturated heterocycles. The molecular weight excluding hydrogens is 242 g/mol. The molecule has 0 unspecified atom stereocenters.